The van der Waals surface area contributed by atoms with Gasteiger partial charge in [0.2, 0.25) is 0 Å². The van der Waals surface area contributed by atoms with Gasteiger partial charge < -0.3 is 5.73 Å². The molecule has 1 atom stereocenters. The largest absolute Gasteiger partial charge is 0.326 e. The fraction of sp³-hybridized carbons (Fsp3) is 0.571. The third kappa shape index (κ3) is 4.70. The molecule has 2 N–H and O–H groups in total. The molecular weight excluding hydrogens is 228 g/mol. The number of nitrogens with two attached hydrogens (primary N) is 1. The lowest BCUT2D eigenvalue weighted by Crippen LogP contribution is -2.32. The molecule has 0 fully saturated rings. The van der Waals surface area contributed by atoms with Gasteiger partial charge in [-0.15, -0.1) is 0 Å². The standard InChI is InChI=1S/C14H24N2S/c1-4-14(11-17-3)16(2)10-13-7-5-12(9-15)6-8-13/h5-8,14H,4,9-11,15H2,1-3H3. The Morgan fingerprint density at radius 3 is 2.29 bits per heavy atom. The van der Waals surface area contributed by atoms with Gasteiger partial charge in [0.05, 0.1) is 0 Å². The van der Waals surface area contributed by atoms with Crippen molar-refractivity contribution in [3.05, 3.63) is 35.4 Å². The lowest BCUT2D eigenvalue weighted by molar-refractivity contribution is 0.248. The molecular formula is C14H24N2S. The monoisotopic (exact) mass is 252 g/mol. The molecule has 1 aromatic rings. The van der Waals surface area contributed by atoms with Crippen molar-refractivity contribution in [2.75, 3.05) is 19.1 Å². The SMILES string of the molecule is CCC(CSC)N(C)Cc1ccc(CN)cc1. The van der Waals surface area contributed by atoms with E-state index in [1.807, 2.05) is 11.8 Å². The second kappa shape index (κ2) is 7.75. The highest BCUT2D eigenvalue weighted by molar-refractivity contribution is 7.98. The van der Waals surface area contributed by atoms with Crippen molar-refractivity contribution in [3.63, 3.8) is 0 Å². The quantitative estimate of drug-likeness (QED) is 0.809. The molecule has 0 heterocycles. The summed E-state index contributed by atoms with van der Waals surface area (Å²) in [6.45, 7) is 3.90. The van der Waals surface area contributed by atoms with E-state index in [2.05, 4.69) is 49.4 Å². The van der Waals surface area contributed by atoms with E-state index in [0.717, 1.165) is 6.54 Å². The number of hydrogen-bond donors (Lipinski definition) is 1. The topological polar surface area (TPSA) is 29.3 Å². The number of nitrogens with zero attached hydrogens (tertiary/aromatic N) is 1. The molecule has 0 amide bonds. The van der Waals surface area contributed by atoms with Gasteiger partial charge in [0.1, 0.15) is 0 Å². The van der Waals surface area contributed by atoms with E-state index in [0.29, 0.717) is 12.6 Å². The van der Waals surface area contributed by atoms with E-state index in [-0.39, 0.29) is 0 Å². The van der Waals surface area contributed by atoms with Crippen molar-refractivity contribution in [2.24, 2.45) is 5.73 Å². The highest BCUT2D eigenvalue weighted by Crippen LogP contribution is 2.13. The van der Waals surface area contributed by atoms with Crippen LogP contribution in [0.15, 0.2) is 24.3 Å². The van der Waals surface area contributed by atoms with Gasteiger partial charge >= 0.3 is 0 Å². The normalized spacial score (nSPS) is 13.0. The third-order valence-electron chi connectivity index (χ3n) is 3.14. The van der Waals surface area contributed by atoms with Crippen LogP contribution in [0.25, 0.3) is 0 Å². The fourth-order valence-electron chi connectivity index (χ4n) is 1.95. The molecule has 0 aliphatic rings. The van der Waals surface area contributed by atoms with Crippen LogP contribution in [0.2, 0.25) is 0 Å². The van der Waals surface area contributed by atoms with Crippen molar-refractivity contribution in [1.29, 1.82) is 0 Å². The maximum atomic E-state index is 5.60. The van der Waals surface area contributed by atoms with Gasteiger partial charge in [-0.3, -0.25) is 4.90 Å². The van der Waals surface area contributed by atoms with Crippen LogP contribution in [0.1, 0.15) is 24.5 Å². The lowest BCUT2D eigenvalue weighted by Gasteiger charge is -2.26. The average molecular weight is 252 g/mol. The highest BCUT2D eigenvalue weighted by Gasteiger charge is 2.11. The van der Waals surface area contributed by atoms with Gasteiger partial charge in [0.15, 0.2) is 0 Å². The summed E-state index contributed by atoms with van der Waals surface area (Å²) < 4.78 is 0. The second-order valence-electron chi connectivity index (χ2n) is 4.45. The summed E-state index contributed by atoms with van der Waals surface area (Å²) in [6, 6.07) is 9.28. The van der Waals surface area contributed by atoms with Crippen LogP contribution in [0.5, 0.6) is 0 Å². The summed E-state index contributed by atoms with van der Waals surface area (Å²) in [6.07, 6.45) is 3.38. The van der Waals surface area contributed by atoms with Crippen molar-refractivity contribution in [3.8, 4) is 0 Å². The predicted octanol–water partition coefficient (Wildman–Crippen LogP) is 2.72. The van der Waals surface area contributed by atoms with Crippen molar-refractivity contribution < 1.29 is 0 Å². The first-order valence-electron chi connectivity index (χ1n) is 6.18. The Kier molecular flexibility index (Phi) is 6.63. The Morgan fingerprint density at radius 2 is 1.82 bits per heavy atom. The zero-order chi connectivity index (χ0) is 12.7. The van der Waals surface area contributed by atoms with Crippen molar-refractivity contribution in [1.82, 2.24) is 4.90 Å². The molecule has 1 unspecified atom stereocenters. The maximum Gasteiger partial charge on any atom is 0.0233 e. The zero-order valence-electron chi connectivity index (χ0n) is 11.1. The van der Waals surface area contributed by atoms with E-state index >= 15 is 0 Å². The third-order valence-corrected chi connectivity index (χ3v) is 3.86. The fourth-order valence-corrected chi connectivity index (χ4v) is 2.82. The number of thioether (sulfide) groups is 1. The first kappa shape index (κ1) is 14.6. The van der Waals surface area contributed by atoms with E-state index in [4.69, 9.17) is 5.73 Å². The molecule has 0 aliphatic heterocycles. The van der Waals surface area contributed by atoms with Crippen LogP contribution in [0.4, 0.5) is 0 Å². The Balaban J connectivity index is 2.56. The van der Waals surface area contributed by atoms with Crippen molar-refractivity contribution >= 4 is 11.8 Å². The van der Waals surface area contributed by atoms with Crippen LogP contribution in [-0.4, -0.2) is 30.0 Å². The van der Waals surface area contributed by atoms with E-state index in [1.165, 1.54) is 23.3 Å². The molecule has 0 saturated heterocycles. The van der Waals surface area contributed by atoms with Gasteiger partial charge in [-0.25, -0.2) is 0 Å². The van der Waals surface area contributed by atoms with Crippen molar-refractivity contribution in [2.45, 2.75) is 32.5 Å². The Hall–Kier alpha value is -0.510. The smallest absolute Gasteiger partial charge is 0.0233 e. The molecule has 3 heteroatoms. The summed E-state index contributed by atoms with van der Waals surface area (Å²) in [5.41, 5.74) is 8.16. The predicted molar refractivity (Wildman–Crippen MR) is 78.3 cm³/mol. The molecule has 1 rings (SSSR count). The Bertz CT molecular complexity index is 311. The van der Waals surface area contributed by atoms with Gasteiger partial charge in [-0.05, 0) is 30.9 Å². The van der Waals surface area contributed by atoms with Gasteiger partial charge in [0.25, 0.3) is 0 Å². The Morgan fingerprint density at radius 1 is 1.24 bits per heavy atom. The molecule has 1 aromatic carbocycles. The molecule has 0 aliphatic carbocycles. The number of rotatable bonds is 7. The molecule has 0 bridgehead atoms. The van der Waals surface area contributed by atoms with E-state index in [9.17, 15) is 0 Å². The molecule has 96 valence electrons. The Labute approximate surface area is 110 Å². The second-order valence-corrected chi connectivity index (χ2v) is 5.36. The number of hydrogen-bond acceptors (Lipinski definition) is 3. The summed E-state index contributed by atoms with van der Waals surface area (Å²) in [4.78, 5) is 2.44. The van der Waals surface area contributed by atoms with E-state index in [1.54, 1.807) is 0 Å². The molecule has 2 nitrogen and oxygen atoms in total. The molecule has 17 heavy (non-hydrogen) atoms. The molecule has 0 radical (unpaired) electrons. The molecule has 0 saturated carbocycles. The minimum atomic E-state index is 0.625. The van der Waals surface area contributed by atoms with E-state index < -0.39 is 0 Å². The summed E-state index contributed by atoms with van der Waals surface area (Å²) >= 11 is 1.92. The van der Waals surface area contributed by atoms with Crippen LogP contribution in [0.3, 0.4) is 0 Å². The first-order chi connectivity index (χ1) is 8.21. The van der Waals surface area contributed by atoms with Crippen LogP contribution in [-0.2, 0) is 13.1 Å². The minimum absolute atomic E-state index is 0.625. The minimum Gasteiger partial charge on any atom is -0.326 e. The highest BCUT2D eigenvalue weighted by atomic mass is 32.2. The van der Waals surface area contributed by atoms with Crippen LogP contribution < -0.4 is 5.73 Å². The van der Waals surface area contributed by atoms with Gasteiger partial charge in [0, 0.05) is 24.9 Å². The molecule has 0 aromatic heterocycles. The number of benzene rings is 1. The molecule has 0 spiro atoms. The summed E-state index contributed by atoms with van der Waals surface area (Å²) in [5, 5.41) is 0. The lowest BCUT2D eigenvalue weighted by atomic mass is 10.1. The zero-order valence-corrected chi connectivity index (χ0v) is 12.0. The van der Waals surface area contributed by atoms with Crippen LogP contribution >= 0.6 is 11.8 Å². The van der Waals surface area contributed by atoms with Gasteiger partial charge in [-0.1, -0.05) is 31.2 Å². The summed E-state index contributed by atoms with van der Waals surface area (Å²) in [7, 11) is 2.21. The first-order valence-corrected chi connectivity index (χ1v) is 7.57. The van der Waals surface area contributed by atoms with Crippen LogP contribution in [0, 0.1) is 0 Å². The summed E-state index contributed by atoms with van der Waals surface area (Å²) in [5.74, 6) is 1.20. The van der Waals surface area contributed by atoms with Gasteiger partial charge in [-0.2, -0.15) is 11.8 Å². The average Bonchev–Trinajstić information content (AvgIpc) is 2.36. The maximum absolute atomic E-state index is 5.60.